The van der Waals surface area contributed by atoms with E-state index in [2.05, 4.69) is 5.32 Å². The normalized spacial score (nSPS) is 23.2. The number of ether oxygens (including phenoxy) is 1. The van der Waals surface area contributed by atoms with Crippen molar-refractivity contribution in [3.63, 3.8) is 0 Å². The van der Waals surface area contributed by atoms with E-state index in [4.69, 9.17) is 4.74 Å². The molecule has 5 heteroatoms. The summed E-state index contributed by atoms with van der Waals surface area (Å²) in [4.78, 5) is 0. The summed E-state index contributed by atoms with van der Waals surface area (Å²) < 4.78 is 30.8. The fraction of sp³-hybridized carbons (Fsp3) is 1.00. The number of aliphatic hydroxyl groups excluding tert-OH is 1. The molecule has 0 amide bonds. The van der Waals surface area contributed by atoms with Crippen molar-refractivity contribution in [2.45, 2.75) is 63.8 Å². The average Bonchev–Trinajstić information content (AvgIpc) is 2.22. The van der Waals surface area contributed by atoms with Crippen LogP contribution in [0.2, 0.25) is 0 Å². The molecule has 1 rings (SSSR count). The molecule has 16 heavy (non-hydrogen) atoms. The average molecular weight is 237 g/mol. The molecular weight excluding hydrogens is 216 g/mol. The Bertz CT molecular complexity index is 192. The third-order valence-electron chi connectivity index (χ3n) is 2.87. The second-order valence-corrected chi connectivity index (χ2v) is 4.37. The number of hydrogen-bond acceptors (Lipinski definition) is 3. The first-order valence-electron chi connectivity index (χ1n) is 5.97. The van der Waals surface area contributed by atoms with Crippen LogP contribution in [0.15, 0.2) is 0 Å². The Kier molecular flexibility index (Phi) is 5.58. The topological polar surface area (TPSA) is 41.5 Å². The van der Waals surface area contributed by atoms with Crippen LogP contribution in [0.4, 0.5) is 8.78 Å². The number of rotatable bonds is 6. The lowest BCUT2D eigenvalue weighted by molar-refractivity contribution is -0.133. The van der Waals surface area contributed by atoms with Crippen molar-refractivity contribution < 1.29 is 18.6 Å². The molecule has 1 unspecified atom stereocenters. The van der Waals surface area contributed by atoms with Crippen molar-refractivity contribution in [3.05, 3.63) is 0 Å². The first-order chi connectivity index (χ1) is 7.53. The van der Waals surface area contributed by atoms with Crippen molar-refractivity contribution >= 4 is 0 Å². The van der Waals surface area contributed by atoms with Gasteiger partial charge in [-0.1, -0.05) is 13.3 Å². The highest BCUT2D eigenvalue weighted by atomic mass is 19.3. The molecule has 0 aromatic heterocycles. The molecule has 3 nitrogen and oxygen atoms in total. The number of unbranched alkanes of at least 4 members (excludes halogenated alkanes) is 1. The largest absolute Gasteiger partial charge is 0.356 e. The van der Waals surface area contributed by atoms with Gasteiger partial charge in [-0.15, -0.1) is 0 Å². The van der Waals surface area contributed by atoms with E-state index in [-0.39, 0.29) is 18.9 Å². The molecule has 0 aliphatic heterocycles. The quantitative estimate of drug-likeness (QED) is 0.550. The van der Waals surface area contributed by atoms with Gasteiger partial charge in [-0.3, -0.25) is 5.32 Å². The monoisotopic (exact) mass is 237 g/mol. The zero-order valence-corrected chi connectivity index (χ0v) is 9.72. The SMILES string of the molecule is CCCCOC(O)NC1CCC(F)(F)CC1. The zero-order chi connectivity index (χ0) is 12.0. The molecule has 1 aliphatic carbocycles. The summed E-state index contributed by atoms with van der Waals surface area (Å²) in [7, 11) is 0. The number of nitrogens with one attached hydrogen (secondary N) is 1. The molecule has 1 aliphatic rings. The van der Waals surface area contributed by atoms with Crippen LogP contribution < -0.4 is 5.32 Å². The lowest BCUT2D eigenvalue weighted by Crippen LogP contribution is -2.43. The second-order valence-electron chi connectivity index (χ2n) is 4.37. The van der Waals surface area contributed by atoms with E-state index >= 15 is 0 Å². The van der Waals surface area contributed by atoms with E-state index in [1.165, 1.54) is 0 Å². The van der Waals surface area contributed by atoms with Crippen LogP contribution in [0.5, 0.6) is 0 Å². The lowest BCUT2D eigenvalue weighted by atomic mass is 9.92. The van der Waals surface area contributed by atoms with Crippen LogP contribution in [-0.4, -0.2) is 30.1 Å². The summed E-state index contributed by atoms with van der Waals surface area (Å²) >= 11 is 0. The van der Waals surface area contributed by atoms with Crippen LogP contribution in [0.25, 0.3) is 0 Å². The summed E-state index contributed by atoms with van der Waals surface area (Å²) in [6, 6.07) is -0.0590. The maximum absolute atomic E-state index is 12.8. The van der Waals surface area contributed by atoms with Crippen LogP contribution in [-0.2, 0) is 4.74 Å². The molecule has 1 atom stereocenters. The van der Waals surface area contributed by atoms with E-state index in [1.54, 1.807) is 0 Å². The van der Waals surface area contributed by atoms with E-state index < -0.39 is 12.3 Å². The maximum atomic E-state index is 12.8. The van der Waals surface area contributed by atoms with Gasteiger partial charge in [0.25, 0.3) is 0 Å². The fourth-order valence-corrected chi connectivity index (χ4v) is 1.80. The molecule has 1 fully saturated rings. The van der Waals surface area contributed by atoms with Crippen LogP contribution in [0, 0.1) is 0 Å². The summed E-state index contributed by atoms with van der Waals surface area (Å²) in [5, 5.41) is 12.3. The van der Waals surface area contributed by atoms with Crippen molar-refractivity contribution in [1.29, 1.82) is 0 Å². The van der Waals surface area contributed by atoms with Gasteiger partial charge in [0.1, 0.15) is 0 Å². The zero-order valence-electron chi connectivity index (χ0n) is 9.72. The van der Waals surface area contributed by atoms with E-state index in [9.17, 15) is 13.9 Å². The highest BCUT2D eigenvalue weighted by molar-refractivity contribution is 4.81. The van der Waals surface area contributed by atoms with Crippen molar-refractivity contribution in [2.75, 3.05) is 6.61 Å². The Balaban J connectivity index is 2.13. The highest BCUT2D eigenvalue weighted by Crippen LogP contribution is 2.33. The number of hydrogen-bond donors (Lipinski definition) is 2. The van der Waals surface area contributed by atoms with E-state index in [0.717, 1.165) is 12.8 Å². The van der Waals surface area contributed by atoms with Crippen LogP contribution >= 0.6 is 0 Å². The first kappa shape index (κ1) is 13.8. The van der Waals surface area contributed by atoms with E-state index in [0.29, 0.717) is 19.4 Å². The van der Waals surface area contributed by atoms with Gasteiger partial charge in [0, 0.05) is 18.9 Å². The minimum absolute atomic E-state index is 0.0590. The van der Waals surface area contributed by atoms with Gasteiger partial charge in [0.05, 0.1) is 6.61 Å². The Morgan fingerprint density at radius 1 is 1.44 bits per heavy atom. The standard InChI is InChI=1S/C11H21F2NO2/c1-2-3-8-16-10(15)14-9-4-6-11(12,13)7-5-9/h9-10,14-15H,2-8H2,1H3. The molecule has 0 saturated heterocycles. The molecule has 0 radical (unpaired) electrons. The summed E-state index contributed by atoms with van der Waals surface area (Å²) in [5.74, 6) is -2.52. The predicted octanol–water partition coefficient (Wildman–Crippen LogP) is 2.25. The molecule has 0 aromatic carbocycles. The summed E-state index contributed by atoms with van der Waals surface area (Å²) in [6.07, 6.45) is 1.44. The Morgan fingerprint density at radius 3 is 2.62 bits per heavy atom. The predicted molar refractivity (Wildman–Crippen MR) is 57.2 cm³/mol. The molecular formula is C11H21F2NO2. The van der Waals surface area contributed by atoms with Gasteiger partial charge in [0.2, 0.25) is 12.3 Å². The number of aliphatic hydroxyl groups is 1. The fourth-order valence-electron chi connectivity index (χ4n) is 1.80. The molecule has 1 saturated carbocycles. The summed E-state index contributed by atoms with van der Waals surface area (Å²) in [6.45, 7) is 2.53. The number of halogens is 2. The van der Waals surface area contributed by atoms with Gasteiger partial charge >= 0.3 is 0 Å². The molecule has 0 aromatic rings. The highest BCUT2D eigenvalue weighted by Gasteiger charge is 2.35. The molecule has 96 valence electrons. The molecule has 0 spiro atoms. The van der Waals surface area contributed by atoms with Crippen LogP contribution in [0.3, 0.4) is 0 Å². The molecule has 0 bridgehead atoms. The smallest absolute Gasteiger partial charge is 0.248 e. The first-order valence-corrected chi connectivity index (χ1v) is 5.97. The maximum Gasteiger partial charge on any atom is 0.248 e. The van der Waals surface area contributed by atoms with Crippen LogP contribution in [0.1, 0.15) is 45.4 Å². The van der Waals surface area contributed by atoms with Gasteiger partial charge in [-0.2, -0.15) is 0 Å². The van der Waals surface area contributed by atoms with E-state index in [1.807, 2.05) is 6.92 Å². The summed E-state index contributed by atoms with van der Waals surface area (Å²) in [5.41, 5.74) is 0. The lowest BCUT2D eigenvalue weighted by Gasteiger charge is -2.30. The van der Waals surface area contributed by atoms with Gasteiger partial charge in [-0.05, 0) is 19.3 Å². The van der Waals surface area contributed by atoms with Gasteiger partial charge < -0.3 is 9.84 Å². The van der Waals surface area contributed by atoms with Gasteiger partial charge in [-0.25, -0.2) is 8.78 Å². The minimum atomic E-state index is -2.52. The Labute approximate surface area is 95.2 Å². The minimum Gasteiger partial charge on any atom is -0.356 e. The Morgan fingerprint density at radius 2 is 2.06 bits per heavy atom. The van der Waals surface area contributed by atoms with Crippen molar-refractivity contribution in [3.8, 4) is 0 Å². The molecule has 2 N–H and O–H groups in total. The van der Waals surface area contributed by atoms with Crippen molar-refractivity contribution in [1.82, 2.24) is 5.32 Å². The van der Waals surface area contributed by atoms with Gasteiger partial charge in [0.15, 0.2) is 0 Å². The molecule has 0 heterocycles. The third-order valence-corrected chi connectivity index (χ3v) is 2.87. The van der Waals surface area contributed by atoms with Crippen molar-refractivity contribution in [2.24, 2.45) is 0 Å². The Hall–Kier alpha value is -0.260. The second kappa shape index (κ2) is 6.47. The third kappa shape index (κ3) is 5.18. The number of alkyl halides is 2.